The molecular formula is C19H21Cl2N3O3S2. The maximum atomic E-state index is 13.1. The van der Waals surface area contributed by atoms with Gasteiger partial charge >= 0.3 is 0 Å². The monoisotopic (exact) mass is 473 g/mol. The van der Waals surface area contributed by atoms with Crippen molar-refractivity contribution in [2.24, 2.45) is 5.92 Å². The predicted octanol–water partition coefficient (Wildman–Crippen LogP) is 4.86. The molecule has 2 fully saturated rings. The van der Waals surface area contributed by atoms with Crippen molar-refractivity contribution in [1.82, 2.24) is 9.55 Å². The van der Waals surface area contributed by atoms with Crippen molar-refractivity contribution in [3.63, 3.8) is 0 Å². The fraction of sp³-hybridized carbons (Fsp3) is 0.526. The third kappa shape index (κ3) is 5.55. The van der Waals surface area contributed by atoms with Crippen LogP contribution in [0, 0.1) is 5.92 Å². The molecule has 1 aliphatic heterocycles. The highest BCUT2D eigenvalue weighted by molar-refractivity contribution is 8.00. The molecule has 6 nitrogen and oxygen atoms in total. The number of aromatic nitrogens is 2. The van der Waals surface area contributed by atoms with Crippen molar-refractivity contribution < 1.29 is 9.53 Å². The Bertz CT molecular complexity index is 939. The number of hydrogen-bond donors (Lipinski definition) is 1. The Hall–Kier alpha value is -1.06. The Balaban J connectivity index is 1.60. The average molecular weight is 474 g/mol. The number of thioether (sulfide) groups is 1. The second kappa shape index (κ2) is 9.39. The molecule has 156 valence electrons. The number of carbonyl (C=O) groups is 1. The van der Waals surface area contributed by atoms with Crippen LogP contribution in [0.5, 0.6) is 0 Å². The van der Waals surface area contributed by atoms with Crippen LogP contribution in [-0.2, 0) is 9.53 Å². The van der Waals surface area contributed by atoms with Gasteiger partial charge < -0.3 is 14.6 Å². The van der Waals surface area contributed by atoms with Gasteiger partial charge in [-0.05, 0) is 38.0 Å². The third-order valence-electron chi connectivity index (χ3n) is 5.06. The summed E-state index contributed by atoms with van der Waals surface area (Å²) in [5, 5.41) is 4.26. The summed E-state index contributed by atoms with van der Waals surface area (Å²) in [6.45, 7) is 1.35. The first-order chi connectivity index (χ1) is 14.0. The fourth-order valence-corrected chi connectivity index (χ4v) is 5.52. The van der Waals surface area contributed by atoms with Gasteiger partial charge in [-0.15, -0.1) is 11.8 Å². The zero-order chi connectivity index (χ0) is 20.4. The van der Waals surface area contributed by atoms with Gasteiger partial charge in [0.2, 0.25) is 5.91 Å². The molecule has 1 saturated carbocycles. The van der Waals surface area contributed by atoms with Gasteiger partial charge in [-0.2, -0.15) is 0 Å². The Labute approximate surface area is 186 Å². The van der Waals surface area contributed by atoms with Gasteiger partial charge in [0.25, 0.3) is 5.56 Å². The molecule has 10 heteroatoms. The summed E-state index contributed by atoms with van der Waals surface area (Å²) in [7, 11) is 0. The number of anilines is 1. The van der Waals surface area contributed by atoms with Crippen molar-refractivity contribution in [1.29, 1.82) is 0 Å². The number of nitrogens with zero attached hydrogens (tertiary/aromatic N) is 2. The van der Waals surface area contributed by atoms with Crippen LogP contribution in [0.3, 0.4) is 0 Å². The van der Waals surface area contributed by atoms with Crippen LogP contribution in [0.25, 0.3) is 0 Å². The van der Waals surface area contributed by atoms with Crippen molar-refractivity contribution in [3.05, 3.63) is 38.2 Å². The Morgan fingerprint density at radius 3 is 2.76 bits per heavy atom. The van der Waals surface area contributed by atoms with Crippen LogP contribution in [0.15, 0.2) is 28.2 Å². The number of halogens is 2. The lowest BCUT2D eigenvalue weighted by atomic mass is 9.92. The minimum Gasteiger partial charge on any atom is -0.381 e. The molecular weight excluding hydrogens is 453 g/mol. The third-order valence-corrected chi connectivity index (χ3v) is 7.90. The number of thiazole rings is 1. The van der Waals surface area contributed by atoms with Gasteiger partial charge in [0.15, 0.2) is 5.13 Å². The highest BCUT2D eigenvalue weighted by Crippen LogP contribution is 2.41. The highest BCUT2D eigenvalue weighted by atomic mass is 35.5. The van der Waals surface area contributed by atoms with Gasteiger partial charge in [0.1, 0.15) is 10.4 Å². The second-order valence-electron chi connectivity index (χ2n) is 7.31. The number of carbonyl (C=O) groups excluding carboxylic acids is 1. The van der Waals surface area contributed by atoms with Crippen molar-refractivity contribution >= 4 is 57.3 Å². The van der Waals surface area contributed by atoms with E-state index >= 15 is 0 Å². The molecule has 0 radical (unpaired) electrons. The van der Waals surface area contributed by atoms with E-state index in [-0.39, 0.29) is 11.5 Å². The SMILES string of the molecule is O=C(Nc1ncc(Cl)s1)[C@@H](CC1CCOCC1)n1cc(Cl)c(SC2CC2)cc1=O. The summed E-state index contributed by atoms with van der Waals surface area (Å²) >= 11 is 15.2. The minimum atomic E-state index is -0.675. The zero-order valence-corrected chi connectivity index (χ0v) is 18.8. The molecule has 29 heavy (non-hydrogen) atoms. The van der Waals surface area contributed by atoms with Crippen LogP contribution < -0.4 is 10.9 Å². The molecule has 0 unspecified atom stereocenters. The van der Waals surface area contributed by atoms with Crippen LogP contribution >= 0.6 is 46.3 Å². The summed E-state index contributed by atoms with van der Waals surface area (Å²) in [5.74, 6) is 0.00819. The van der Waals surface area contributed by atoms with Crippen molar-refractivity contribution in [3.8, 4) is 0 Å². The normalized spacial score (nSPS) is 18.6. The highest BCUT2D eigenvalue weighted by Gasteiger charge is 2.29. The van der Waals surface area contributed by atoms with E-state index in [1.807, 2.05) is 0 Å². The lowest BCUT2D eigenvalue weighted by molar-refractivity contribution is -0.120. The van der Waals surface area contributed by atoms with E-state index in [1.54, 1.807) is 24.0 Å². The molecule has 2 aromatic heterocycles. The Morgan fingerprint density at radius 2 is 2.10 bits per heavy atom. The first-order valence-electron chi connectivity index (χ1n) is 9.58. The Kier molecular flexibility index (Phi) is 6.86. The molecule has 1 aliphatic carbocycles. The van der Waals surface area contributed by atoms with E-state index in [4.69, 9.17) is 27.9 Å². The van der Waals surface area contributed by atoms with Gasteiger partial charge in [-0.3, -0.25) is 9.59 Å². The molecule has 2 aliphatic rings. The summed E-state index contributed by atoms with van der Waals surface area (Å²) in [6.07, 6.45) is 7.66. The first kappa shape index (κ1) is 21.2. The largest absolute Gasteiger partial charge is 0.381 e. The quantitative estimate of drug-likeness (QED) is 0.621. The standard InChI is InChI=1S/C19H21Cl2N3O3S2/c20-13-10-24(17(25)8-15(13)28-12-1-2-12)14(7-11-3-5-27-6-4-11)18(26)23-19-22-9-16(21)29-19/h8-12,14H,1-7H2,(H,22,23,26)/t14-/m1/s1. The van der Waals surface area contributed by atoms with Crippen LogP contribution in [0.2, 0.25) is 9.36 Å². The van der Waals surface area contributed by atoms with Crippen LogP contribution in [0.1, 0.15) is 38.1 Å². The number of amides is 1. The molecule has 1 amide bonds. The summed E-state index contributed by atoms with van der Waals surface area (Å²) in [5.41, 5.74) is -0.220. The van der Waals surface area contributed by atoms with Crippen LogP contribution in [-0.4, -0.2) is 33.9 Å². The molecule has 3 heterocycles. The average Bonchev–Trinajstić information content (AvgIpc) is 3.43. The zero-order valence-electron chi connectivity index (χ0n) is 15.6. The molecule has 1 atom stereocenters. The maximum Gasteiger partial charge on any atom is 0.252 e. The summed E-state index contributed by atoms with van der Waals surface area (Å²) in [6, 6.07) is 0.876. The summed E-state index contributed by atoms with van der Waals surface area (Å²) < 4.78 is 7.38. The molecule has 1 saturated heterocycles. The molecule has 0 spiro atoms. The van der Waals surface area contributed by atoms with Gasteiger partial charge in [0.05, 0.1) is 11.2 Å². The van der Waals surface area contributed by atoms with Crippen LogP contribution in [0.4, 0.5) is 5.13 Å². The molecule has 1 N–H and O–H groups in total. The number of nitrogens with one attached hydrogen (secondary N) is 1. The van der Waals surface area contributed by atoms with Gasteiger partial charge in [0, 0.05) is 35.6 Å². The predicted molar refractivity (Wildman–Crippen MR) is 118 cm³/mol. The van der Waals surface area contributed by atoms with Gasteiger partial charge in [-0.1, -0.05) is 34.5 Å². The van der Waals surface area contributed by atoms with E-state index in [0.29, 0.717) is 45.3 Å². The molecule has 0 bridgehead atoms. The van der Waals surface area contributed by atoms with E-state index in [2.05, 4.69) is 10.3 Å². The van der Waals surface area contributed by atoms with E-state index in [1.165, 1.54) is 22.1 Å². The number of pyridine rings is 1. The molecule has 4 rings (SSSR count). The van der Waals surface area contributed by atoms with Crippen molar-refractivity contribution in [2.75, 3.05) is 18.5 Å². The first-order valence-corrected chi connectivity index (χ1v) is 12.0. The maximum absolute atomic E-state index is 13.1. The number of rotatable bonds is 7. The lowest BCUT2D eigenvalue weighted by Crippen LogP contribution is -2.35. The van der Waals surface area contributed by atoms with Gasteiger partial charge in [-0.25, -0.2) is 4.98 Å². The van der Waals surface area contributed by atoms with Crippen molar-refractivity contribution in [2.45, 2.75) is 48.3 Å². The van der Waals surface area contributed by atoms with E-state index in [0.717, 1.165) is 30.6 Å². The smallest absolute Gasteiger partial charge is 0.252 e. The lowest BCUT2D eigenvalue weighted by Gasteiger charge is -2.27. The van der Waals surface area contributed by atoms with E-state index < -0.39 is 6.04 Å². The minimum absolute atomic E-state index is 0.220. The second-order valence-corrected chi connectivity index (χ2v) is 10.7. The summed E-state index contributed by atoms with van der Waals surface area (Å²) in [4.78, 5) is 30.9. The number of hydrogen-bond acceptors (Lipinski definition) is 6. The topological polar surface area (TPSA) is 73.2 Å². The van der Waals surface area contributed by atoms with E-state index in [9.17, 15) is 9.59 Å². The molecule has 2 aromatic rings. The molecule has 0 aromatic carbocycles. The Morgan fingerprint density at radius 1 is 1.34 bits per heavy atom. The fourth-order valence-electron chi connectivity index (χ4n) is 3.35. The number of ether oxygens (including phenoxy) is 1.